The van der Waals surface area contributed by atoms with Gasteiger partial charge in [-0.3, -0.25) is 14.6 Å². The van der Waals surface area contributed by atoms with Gasteiger partial charge in [0.1, 0.15) is 5.69 Å². The molecule has 1 aromatic carbocycles. The minimum atomic E-state index is 0.0239. The second-order valence-corrected chi connectivity index (χ2v) is 7.40. The maximum atomic E-state index is 12.8. The third-order valence-corrected chi connectivity index (χ3v) is 4.90. The number of nitrogens with one attached hydrogen (secondary N) is 1. The van der Waals surface area contributed by atoms with Gasteiger partial charge in [-0.25, -0.2) is 0 Å². The van der Waals surface area contributed by atoms with E-state index in [1.54, 1.807) is 9.58 Å². The molecule has 0 saturated heterocycles. The number of amides is 1. The highest BCUT2D eigenvalue weighted by Gasteiger charge is 2.19. The molecule has 6 nitrogen and oxygen atoms in total. The Kier molecular flexibility index (Phi) is 6.29. The Bertz CT molecular complexity index is 910. The first-order chi connectivity index (χ1) is 13.5. The summed E-state index contributed by atoms with van der Waals surface area (Å²) in [5, 5.41) is 12.0. The lowest BCUT2D eigenvalue weighted by Crippen LogP contribution is -2.30. The number of benzene rings is 1. The van der Waals surface area contributed by atoms with Crippen LogP contribution >= 0.6 is 0 Å². The van der Waals surface area contributed by atoms with E-state index in [9.17, 15) is 4.79 Å². The second kappa shape index (κ2) is 8.87. The molecule has 0 bridgehead atoms. The zero-order valence-electron chi connectivity index (χ0n) is 17.1. The lowest BCUT2D eigenvalue weighted by atomic mass is 10.1. The van der Waals surface area contributed by atoms with Gasteiger partial charge in [0.05, 0.1) is 11.4 Å². The van der Waals surface area contributed by atoms with E-state index in [-0.39, 0.29) is 5.91 Å². The molecule has 0 aliphatic rings. The van der Waals surface area contributed by atoms with Crippen LogP contribution < -0.4 is 0 Å². The number of hydrogen-bond donors (Lipinski definition) is 1. The Morgan fingerprint density at radius 1 is 1.21 bits per heavy atom. The molecule has 0 spiro atoms. The molecule has 148 valence electrons. The van der Waals surface area contributed by atoms with Crippen molar-refractivity contribution in [2.24, 2.45) is 0 Å². The predicted molar refractivity (Wildman–Crippen MR) is 111 cm³/mol. The van der Waals surface area contributed by atoms with Crippen molar-refractivity contribution < 1.29 is 4.79 Å². The van der Waals surface area contributed by atoms with Crippen LogP contribution in [0.15, 0.2) is 42.5 Å². The van der Waals surface area contributed by atoms with Gasteiger partial charge in [0.15, 0.2) is 0 Å². The second-order valence-electron chi connectivity index (χ2n) is 7.40. The van der Waals surface area contributed by atoms with Gasteiger partial charge in [0, 0.05) is 31.4 Å². The molecule has 1 N–H and O–H groups in total. The number of rotatable bonds is 8. The Balaban J connectivity index is 1.57. The monoisotopic (exact) mass is 379 g/mol. The van der Waals surface area contributed by atoms with Crippen LogP contribution in [0.5, 0.6) is 0 Å². The average Bonchev–Trinajstić information content (AvgIpc) is 3.35. The first kappa shape index (κ1) is 19.9. The molecule has 2 aromatic heterocycles. The number of carbonyl (C=O) groups excluding carboxylic acids is 1. The lowest BCUT2D eigenvalue weighted by Gasteiger charge is -2.17. The van der Waals surface area contributed by atoms with E-state index >= 15 is 0 Å². The van der Waals surface area contributed by atoms with Gasteiger partial charge >= 0.3 is 0 Å². The van der Waals surface area contributed by atoms with E-state index in [2.05, 4.69) is 47.3 Å². The topological polar surface area (TPSA) is 66.8 Å². The van der Waals surface area contributed by atoms with Crippen LogP contribution in [0.1, 0.15) is 55.0 Å². The van der Waals surface area contributed by atoms with Crippen LogP contribution in [0.25, 0.3) is 11.3 Å². The van der Waals surface area contributed by atoms with Crippen LogP contribution in [-0.4, -0.2) is 44.4 Å². The normalized spacial score (nSPS) is 11.2. The fourth-order valence-electron chi connectivity index (χ4n) is 3.18. The molecular formula is C22H29N5O. The van der Waals surface area contributed by atoms with E-state index in [0.717, 1.165) is 35.5 Å². The molecule has 28 heavy (non-hydrogen) atoms. The molecule has 3 aromatic rings. The maximum absolute atomic E-state index is 12.8. The Morgan fingerprint density at radius 2 is 1.96 bits per heavy atom. The van der Waals surface area contributed by atoms with Crippen molar-refractivity contribution in [2.45, 2.75) is 46.1 Å². The summed E-state index contributed by atoms with van der Waals surface area (Å²) in [4.78, 5) is 14.6. The first-order valence-corrected chi connectivity index (χ1v) is 9.92. The SMILES string of the molecule is CCn1nc(C(C)C)cc1C(=O)N(C)CCCc1cc(-c2ccccc2)n[nH]1. The third-order valence-electron chi connectivity index (χ3n) is 4.90. The molecule has 0 fully saturated rings. The minimum Gasteiger partial charge on any atom is -0.340 e. The minimum absolute atomic E-state index is 0.0239. The van der Waals surface area contributed by atoms with E-state index in [4.69, 9.17) is 0 Å². The Hall–Kier alpha value is -2.89. The number of nitrogens with zero attached hydrogens (tertiary/aromatic N) is 4. The van der Waals surface area contributed by atoms with Crippen molar-refractivity contribution in [3.63, 3.8) is 0 Å². The summed E-state index contributed by atoms with van der Waals surface area (Å²) in [5.74, 6) is 0.333. The maximum Gasteiger partial charge on any atom is 0.271 e. The molecule has 2 heterocycles. The average molecular weight is 380 g/mol. The molecular weight excluding hydrogens is 350 g/mol. The molecule has 0 unspecified atom stereocenters. The summed E-state index contributed by atoms with van der Waals surface area (Å²) in [5.41, 5.74) is 4.77. The number of aromatic nitrogens is 4. The van der Waals surface area contributed by atoms with Crippen LogP contribution in [0.3, 0.4) is 0 Å². The van der Waals surface area contributed by atoms with Crippen LogP contribution in [0, 0.1) is 0 Å². The van der Waals surface area contributed by atoms with Crippen LogP contribution in [0.4, 0.5) is 0 Å². The zero-order chi connectivity index (χ0) is 20.1. The van der Waals surface area contributed by atoms with Gasteiger partial charge in [0.2, 0.25) is 0 Å². The van der Waals surface area contributed by atoms with Gasteiger partial charge in [-0.2, -0.15) is 10.2 Å². The van der Waals surface area contributed by atoms with E-state index in [1.165, 1.54) is 0 Å². The highest BCUT2D eigenvalue weighted by atomic mass is 16.2. The van der Waals surface area contributed by atoms with Gasteiger partial charge < -0.3 is 4.90 Å². The van der Waals surface area contributed by atoms with Crippen LogP contribution in [-0.2, 0) is 13.0 Å². The summed E-state index contributed by atoms with van der Waals surface area (Å²) in [7, 11) is 1.85. The molecule has 0 aliphatic heterocycles. The fourth-order valence-corrected chi connectivity index (χ4v) is 3.18. The van der Waals surface area contributed by atoms with Crippen molar-refractivity contribution >= 4 is 5.91 Å². The molecule has 0 atom stereocenters. The molecule has 0 saturated carbocycles. The van der Waals surface area contributed by atoms with Crippen LogP contribution in [0.2, 0.25) is 0 Å². The molecule has 6 heteroatoms. The quantitative estimate of drug-likeness (QED) is 0.640. The van der Waals surface area contributed by atoms with Crippen molar-refractivity contribution in [1.29, 1.82) is 0 Å². The molecule has 0 radical (unpaired) electrons. The van der Waals surface area contributed by atoms with Gasteiger partial charge in [-0.1, -0.05) is 44.2 Å². The third kappa shape index (κ3) is 4.50. The van der Waals surface area contributed by atoms with Gasteiger partial charge in [-0.05, 0) is 37.8 Å². The predicted octanol–water partition coefficient (Wildman–Crippen LogP) is 4.12. The van der Waals surface area contributed by atoms with E-state index in [0.29, 0.717) is 24.7 Å². The van der Waals surface area contributed by atoms with Crippen molar-refractivity contribution in [2.75, 3.05) is 13.6 Å². The summed E-state index contributed by atoms with van der Waals surface area (Å²) in [6.45, 7) is 7.57. The van der Waals surface area contributed by atoms with Crippen molar-refractivity contribution in [3.8, 4) is 11.3 Å². The van der Waals surface area contributed by atoms with E-state index in [1.807, 2.05) is 38.2 Å². The highest BCUT2D eigenvalue weighted by molar-refractivity contribution is 5.92. The number of H-pyrrole nitrogens is 1. The standard InChI is InChI=1S/C22H29N5O/c1-5-27-21(15-19(25-27)16(2)3)22(28)26(4)13-9-12-18-14-20(24-23-18)17-10-7-6-8-11-17/h6-8,10-11,14-16H,5,9,12-13H2,1-4H3,(H,23,24). The number of hydrogen-bond acceptors (Lipinski definition) is 3. The molecule has 3 rings (SSSR count). The van der Waals surface area contributed by atoms with Gasteiger partial charge in [-0.15, -0.1) is 0 Å². The van der Waals surface area contributed by atoms with Crippen molar-refractivity contribution in [1.82, 2.24) is 24.9 Å². The van der Waals surface area contributed by atoms with Crippen molar-refractivity contribution in [3.05, 3.63) is 59.5 Å². The lowest BCUT2D eigenvalue weighted by molar-refractivity contribution is 0.0781. The summed E-state index contributed by atoms with van der Waals surface area (Å²) in [6.07, 6.45) is 1.72. The summed E-state index contributed by atoms with van der Waals surface area (Å²) >= 11 is 0. The number of carbonyl (C=O) groups is 1. The summed E-state index contributed by atoms with van der Waals surface area (Å²) < 4.78 is 1.80. The van der Waals surface area contributed by atoms with E-state index < -0.39 is 0 Å². The highest BCUT2D eigenvalue weighted by Crippen LogP contribution is 2.18. The molecule has 1 amide bonds. The largest absolute Gasteiger partial charge is 0.340 e. The fraction of sp³-hybridized carbons (Fsp3) is 0.409. The Labute approximate surface area is 166 Å². The smallest absolute Gasteiger partial charge is 0.271 e. The molecule has 0 aliphatic carbocycles. The van der Waals surface area contributed by atoms with Gasteiger partial charge in [0.25, 0.3) is 5.91 Å². The Morgan fingerprint density at radius 3 is 2.64 bits per heavy atom. The first-order valence-electron chi connectivity index (χ1n) is 9.92. The number of aromatic amines is 1. The zero-order valence-corrected chi connectivity index (χ0v) is 17.1. The number of aryl methyl sites for hydroxylation is 2. The summed E-state index contributed by atoms with van der Waals surface area (Å²) in [6, 6.07) is 14.1.